The Morgan fingerprint density at radius 3 is 2.69 bits per heavy atom. The molecule has 1 aliphatic carbocycles. The molecule has 0 unspecified atom stereocenters. The van der Waals surface area contributed by atoms with Gasteiger partial charge in [0.2, 0.25) is 0 Å². The Balaban J connectivity index is 1.60. The zero-order chi connectivity index (χ0) is 27.3. The quantitative estimate of drug-likeness (QED) is 0.236. The summed E-state index contributed by atoms with van der Waals surface area (Å²) in [6.07, 6.45) is 3.31. The third-order valence-electron chi connectivity index (χ3n) is 7.02. The molecule has 0 fully saturated rings. The number of fused-ring (bicyclic) bond motifs is 3. The molecule has 4 aromatic rings. The Bertz CT molecular complexity index is 1870. The minimum absolute atomic E-state index is 0.0137. The van der Waals surface area contributed by atoms with Crippen LogP contribution in [-0.4, -0.2) is 23.7 Å². The summed E-state index contributed by atoms with van der Waals surface area (Å²) in [6, 6.07) is 17.9. The molecule has 1 aromatic heterocycles. The summed E-state index contributed by atoms with van der Waals surface area (Å²) in [7, 11) is 3.12. The van der Waals surface area contributed by atoms with Gasteiger partial charge in [-0.25, -0.2) is 4.99 Å². The molecule has 0 saturated carbocycles. The lowest BCUT2D eigenvalue weighted by Crippen LogP contribution is -2.38. The number of methoxy groups -OCH3 is 2. The van der Waals surface area contributed by atoms with E-state index in [9.17, 15) is 14.9 Å². The van der Waals surface area contributed by atoms with Crippen molar-refractivity contribution in [1.82, 2.24) is 4.57 Å². The van der Waals surface area contributed by atoms with Crippen molar-refractivity contribution in [1.29, 1.82) is 0 Å². The molecule has 0 N–H and O–H groups in total. The number of nitro groups is 1. The molecule has 2 heterocycles. The van der Waals surface area contributed by atoms with Crippen LogP contribution in [0.2, 0.25) is 0 Å². The molecule has 39 heavy (non-hydrogen) atoms. The van der Waals surface area contributed by atoms with Gasteiger partial charge in [0.15, 0.2) is 16.3 Å². The number of aryl methyl sites for hydroxylation is 1. The number of benzene rings is 3. The first-order chi connectivity index (χ1) is 18.9. The van der Waals surface area contributed by atoms with Crippen LogP contribution in [0.15, 0.2) is 80.5 Å². The highest BCUT2D eigenvalue weighted by Crippen LogP contribution is 2.42. The van der Waals surface area contributed by atoms with Crippen LogP contribution >= 0.6 is 27.3 Å². The molecule has 0 radical (unpaired) electrons. The van der Waals surface area contributed by atoms with Gasteiger partial charge in [-0.3, -0.25) is 19.5 Å². The van der Waals surface area contributed by atoms with Crippen LogP contribution in [0.5, 0.6) is 11.5 Å². The largest absolute Gasteiger partial charge is 0.493 e. The molecule has 1 aliphatic heterocycles. The fourth-order valence-electron chi connectivity index (χ4n) is 5.30. The van der Waals surface area contributed by atoms with Crippen molar-refractivity contribution in [2.75, 3.05) is 14.2 Å². The molecule has 6 rings (SSSR count). The van der Waals surface area contributed by atoms with Gasteiger partial charge in [0.25, 0.3) is 11.2 Å². The first kappa shape index (κ1) is 25.3. The average Bonchev–Trinajstić information content (AvgIpc) is 3.25. The molecule has 0 saturated heterocycles. The molecule has 0 spiro atoms. The van der Waals surface area contributed by atoms with Gasteiger partial charge in [0, 0.05) is 17.7 Å². The lowest BCUT2D eigenvalue weighted by Gasteiger charge is -2.30. The van der Waals surface area contributed by atoms with Crippen molar-refractivity contribution in [2.45, 2.75) is 18.9 Å². The van der Waals surface area contributed by atoms with Gasteiger partial charge in [-0.15, -0.1) is 0 Å². The van der Waals surface area contributed by atoms with E-state index < -0.39 is 11.0 Å². The molecule has 8 nitrogen and oxygen atoms in total. The Kier molecular flexibility index (Phi) is 6.44. The van der Waals surface area contributed by atoms with Crippen LogP contribution in [0, 0.1) is 10.1 Å². The summed E-state index contributed by atoms with van der Waals surface area (Å²) in [5, 5.41) is 11.6. The maximum Gasteiger partial charge on any atom is 0.271 e. The predicted molar refractivity (Wildman–Crippen MR) is 153 cm³/mol. The second-order valence-corrected chi connectivity index (χ2v) is 11.1. The minimum Gasteiger partial charge on any atom is -0.493 e. The molecule has 0 amide bonds. The summed E-state index contributed by atoms with van der Waals surface area (Å²) in [5.41, 5.74) is 5.30. The molecule has 1 atom stereocenters. The zero-order valence-electron chi connectivity index (χ0n) is 21.0. The molecule has 10 heteroatoms. The van der Waals surface area contributed by atoms with E-state index in [2.05, 4.69) is 22.0 Å². The number of rotatable bonds is 5. The third kappa shape index (κ3) is 4.29. The lowest BCUT2D eigenvalue weighted by molar-refractivity contribution is -0.384. The Labute approximate surface area is 235 Å². The van der Waals surface area contributed by atoms with Gasteiger partial charge in [-0.2, -0.15) is 0 Å². The molecule has 3 aromatic carbocycles. The third-order valence-corrected chi connectivity index (χ3v) is 8.60. The number of nitro benzene ring substituents is 1. The Morgan fingerprint density at radius 1 is 1.10 bits per heavy atom. The minimum atomic E-state index is -0.496. The normalized spacial score (nSPS) is 16.2. The van der Waals surface area contributed by atoms with E-state index in [1.165, 1.54) is 23.0 Å². The fourth-order valence-corrected chi connectivity index (χ4v) is 6.93. The maximum atomic E-state index is 14.0. The van der Waals surface area contributed by atoms with Crippen LogP contribution < -0.4 is 24.4 Å². The molecule has 196 valence electrons. The molecule has 2 aliphatic rings. The van der Waals surface area contributed by atoms with Crippen molar-refractivity contribution < 1.29 is 14.4 Å². The van der Waals surface area contributed by atoms with Crippen LogP contribution in [0.3, 0.4) is 0 Å². The van der Waals surface area contributed by atoms with E-state index in [1.807, 2.05) is 30.3 Å². The smallest absolute Gasteiger partial charge is 0.271 e. The topological polar surface area (TPSA) is 96.0 Å². The number of thiazole rings is 1. The average molecular weight is 604 g/mol. The van der Waals surface area contributed by atoms with E-state index in [1.54, 1.807) is 43.1 Å². The number of allylic oxidation sites excluding steroid dienone is 1. The number of non-ortho nitro benzene ring substituents is 1. The van der Waals surface area contributed by atoms with Crippen LogP contribution in [0.25, 0.3) is 11.8 Å². The zero-order valence-corrected chi connectivity index (χ0v) is 23.4. The Morgan fingerprint density at radius 2 is 1.92 bits per heavy atom. The van der Waals surface area contributed by atoms with E-state index in [-0.39, 0.29) is 11.2 Å². The predicted octanol–water partition coefficient (Wildman–Crippen LogP) is 5.01. The van der Waals surface area contributed by atoms with Crippen LogP contribution in [-0.2, 0) is 6.42 Å². The van der Waals surface area contributed by atoms with Crippen LogP contribution in [0.1, 0.15) is 34.7 Å². The van der Waals surface area contributed by atoms with Crippen molar-refractivity contribution in [3.05, 3.63) is 123 Å². The van der Waals surface area contributed by atoms with Gasteiger partial charge in [0.1, 0.15) is 0 Å². The first-order valence-corrected chi connectivity index (χ1v) is 13.8. The number of nitrogens with zero attached hydrogens (tertiary/aromatic N) is 3. The fraction of sp³-hybridized carbons (Fsp3) is 0.172. The summed E-state index contributed by atoms with van der Waals surface area (Å²) in [6.45, 7) is 0. The monoisotopic (exact) mass is 603 g/mol. The maximum absolute atomic E-state index is 14.0. The number of aromatic nitrogens is 1. The van der Waals surface area contributed by atoms with Gasteiger partial charge in [0.05, 0.1) is 39.9 Å². The summed E-state index contributed by atoms with van der Waals surface area (Å²) in [4.78, 5) is 30.7. The standard InChI is InChI=1S/C29H22BrN3O5S/c1-37-23-13-16(12-22(30)27(23)38-2)14-24-28(34)32-26(18-7-5-8-19(15-18)33(35)36)21-11-10-17-6-3-4-9-20(17)25(21)31-29(32)39-24/h3-9,12-15,26H,10-11H2,1-2H3/b24-14+/t26-/m0/s1. The van der Waals surface area contributed by atoms with Crippen molar-refractivity contribution >= 4 is 44.7 Å². The SMILES string of the molecule is COc1cc(/C=c2/sc3n(c2=O)[C@@H](c2cccc([N+](=O)[O-])c2)C2=C(N=3)c3ccccc3CC2)cc(Br)c1OC. The highest BCUT2D eigenvalue weighted by Gasteiger charge is 2.33. The van der Waals surface area contributed by atoms with Crippen molar-refractivity contribution in [3.63, 3.8) is 0 Å². The molecule has 0 bridgehead atoms. The number of halogens is 1. The van der Waals surface area contributed by atoms with Crippen molar-refractivity contribution in [2.24, 2.45) is 4.99 Å². The number of ether oxygens (including phenoxy) is 2. The highest BCUT2D eigenvalue weighted by molar-refractivity contribution is 9.10. The summed E-state index contributed by atoms with van der Waals surface area (Å²) >= 11 is 4.82. The van der Waals surface area contributed by atoms with E-state index in [4.69, 9.17) is 14.5 Å². The number of hydrogen-bond acceptors (Lipinski definition) is 7. The summed E-state index contributed by atoms with van der Waals surface area (Å²) in [5.74, 6) is 1.10. The second-order valence-electron chi connectivity index (χ2n) is 9.20. The second kappa shape index (κ2) is 9.94. The molecular formula is C29H22BrN3O5S. The summed E-state index contributed by atoms with van der Waals surface area (Å²) < 4.78 is 13.8. The van der Waals surface area contributed by atoms with Gasteiger partial charge in [-0.05, 0) is 69.2 Å². The highest BCUT2D eigenvalue weighted by atomic mass is 79.9. The number of hydrogen-bond donors (Lipinski definition) is 0. The van der Waals surface area contributed by atoms with E-state index in [0.29, 0.717) is 37.3 Å². The van der Waals surface area contributed by atoms with Crippen LogP contribution in [0.4, 0.5) is 5.69 Å². The Hall–Kier alpha value is -4.02. The van der Waals surface area contributed by atoms with Gasteiger partial charge >= 0.3 is 0 Å². The first-order valence-electron chi connectivity index (χ1n) is 12.2. The van der Waals surface area contributed by atoms with E-state index >= 15 is 0 Å². The van der Waals surface area contributed by atoms with Crippen molar-refractivity contribution in [3.8, 4) is 11.5 Å². The lowest BCUT2D eigenvalue weighted by atomic mass is 9.83. The van der Waals surface area contributed by atoms with Gasteiger partial charge in [-0.1, -0.05) is 47.7 Å². The van der Waals surface area contributed by atoms with E-state index in [0.717, 1.165) is 28.8 Å². The van der Waals surface area contributed by atoms with Gasteiger partial charge < -0.3 is 9.47 Å². The molecular weight excluding hydrogens is 582 g/mol.